The lowest BCUT2D eigenvalue weighted by molar-refractivity contribution is 0.198. The Morgan fingerprint density at radius 1 is 1.43 bits per heavy atom. The fraction of sp³-hybridized carbons (Fsp3) is 0.800. The summed E-state index contributed by atoms with van der Waals surface area (Å²) in [4.78, 5) is 0. The molecule has 0 aromatic rings. The predicted molar refractivity (Wildman–Crippen MR) is 59.7 cm³/mol. The van der Waals surface area contributed by atoms with Crippen LogP contribution < -0.4 is 0 Å². The molecule has 0 saturated heterocycles. The maximum atomic E-state index is 12.0. The van der Waals surface area contributed by atoms with E-state index < -0.39 is 7.60 Å². The molecule has 0 aliphatic rings. The molecule has 0 N–H and O–H groups in total. The summed E-state index contributed by atoms with van der Waals surface area (Å²) in [6.45, 7) is 10.3. The molecule has 0 heterocycles. The number of hydrogen-bond acceptors (Lipinski definition) is 3. The van der Waals surface area contributed by atoms with Gasteiger partial charge in [-0.2, -0.15) is 0 Å². The quantitative estimate of drug-likeness (QED) is 0.464. The van der Waals surface area contributed by atoms with Crippen molar-refractivity contribution in [2.24, 2.45) is 5.92 Å². The highest BCUT2D eigenvalue weighted by Gasteiger charge is 2.22. The van der Waals surface area contributed by atoms with Gasteiger partial charge in [-0.3, -0.25) is 4.57 Å². The van der Waals surface area contributed by atoms with Gasteiger partial charge in [0.2, 0.25) is 0 Å². The zero-order valence-electron chi connectivity index (χ0n) is 9.36. The first-order valence-electron chi connectivity index (χ1n) is 5.03. The summed E-state index contributed by atoms with van der Waals surface area (Å²) in [5.74, 6) is 0.368. The van der Waals surface area contributed by atoms with Crippen LogP contribution in [0.4, 0.5) is 0 Å². The smallest absolute Gasteiger partial charge is 0.308 e. The lowest BCUT2D eigenvalue weighted by Crippen LogP contribution is -2.05. The molecule has 3 nitrogen and oxygen atoms in total. The highest BCUT2D eigenvalue weighted by molar-refractivity contribution is 7.53. The average Bonchev–Trinajstić information content (AvgIpc) is 2.13. The molecular formula is C10H21O3P. The minimum absolute atomic E-state index is 0.287. The minimum Gasteiger partial charge on any atom is -0.308 e. The van der Waals surface area contributed by atoms with E-state index >= 15 is 0 Å². The van der Waals surface area contributed by atoms with E-state index in [-0.39, 0.29) is 6.61 Å². The molecule has 1 unspecified atom stereocenters. The van der Waals surface area contributed by atoms with Gasteiger partial charge < -0.3 is 9.05 Å². The van der Waals surface area contributed by atoms with Gasteiger partial charge >= 0.3 is 7.60 Å². The summed E-state index contributed by atoms with van der Waals surface area (Å²) >= 11 is 0. The van der Waals surface area contributed by atoms with Crippen molar-refractivity contribution in [1.29, 1.82) is 0 Å². The molecule has 0 fully saturated rings. The fourth-order valence-corrected chi connectivity index (χ4v) is 2.61. The molecule has 0 amide bonds. The molecule has 0 radical (unpaired) electrons. The monoisotopic (exact) mass is 220 g/mol. The first-order chi connectivity index (χ1) is 6.54. The molecule has 0 aliphatic carbocycles. The Kier molecular flexibility index (Phi) is 7.16. The molecule has 84 valence electrons. The average molecular weight is 220 g/mol. The zero-order valence-corrected chi connectivity index (χ0v) is 10.3. The highest BCUT2D eigenvalue weighted by Crippen LogP contribution is 2.48. The molecule has 0 spiro atoms. The minimum atomic E-state index is -2.86. The SMILES string of the molecule is C=CCOP(=O)(CCC)OCC(C)C. The van der Waals surface area contributed by atoms with Gasteiger partial charge in [0, 0.05) is 6.16 Å². The normalized spacial score (nSPS) is 15.4. The Labute approximate surface area is 87.0 Å². The fourth-order valence-electron chi connectivity index (χ4n) is 0.869. The summed E-state index contributed by atoms with van der Waals surface area (Å²) in [6, 6.07) is 0. The van der Waals surface area contributed by atoms with Gasteiger partial charge in [0.1, 0.15) is 0 Å². The second-order valence-corrected chi connectivity index (χ2v) is 5.79. The van der Waals surface area contributed by atoms with Crippen molar-refractivity contribution in [2.45, 2.75) is 27.2 Å². The Balaban J connectivity index is 4.09. The van der Waals surface area contributed by atoms with Gasteiger partial charge in [-0.25, -0.2) is 0 Å². The maximum absolute atomic E-state index is 12.0. The van der Waals surface area contributed by atoms with Crippen molar-refractivity contribution >= 4 is 7.60 Å². The number of rotatable bonds is 8. The van der Waals surface area contributed by atoms with Crippen molar-refractivity contribution < 1.29 is 13.6 Å². The van der Waals surface area contributed by atoms with Gasteiger partial charge in [0.25, 0.3) is 0 Å². The van der Waals surface area contributed by atoms with E-state index in [0.717, 1.165) is 6.42 Å². The van der Waals surface area contributed by atoms with Crippen LogP contribution in [0.15, 0.2) is 12.7 Å². The van der Waals surface area contributed by atoms with Gasteiger partial charge in [-0.15, -0.1) is 6.58 Å². The Morgan fingerprint density at radius 3 is 2.50 bits per heavy atom. The lowest BCUT2D eigenvalue weighted by Gasteiger charge is -2.18. The van der Waals surface area contributed by atoms with E-state index in [4.69, 9.17) is 9.05 Å². The van der Waals surface area contributed by atoms with Crippen molar-refractivity contribution in [3.63, 3.8) is 0 Å². The third kappa shape index (κ3) is 6.36. The topological polar surface area (TPSA) is 35.5 Å². The van der Waals surface area contributed by atoms with Crippen molar-refractivity contribution in [2.75, 3.05) is 19.4 Å². The predicted octanol–water partition coefficient (Wildman–Crippen LogP) is 3.46. The van der Waals surface area contributed by atoms with E-state index in [9.17, 15) is 4.57 Å². The first kappa shape index (κ1) is 13.9. The molecule has 0 rings (SSSR count). The van der Waals surface area contributed by atoms with Crippen LogP contribution in [0.2, 0.25) is 0 Å². The van der Waals surface area contributed by atoms with E-state index in [0.29, 0.717) is 18.7 Å². The molecule has 4 heteroatoms. The molecular weight excluding hydrogens is 199 g/mol. The summed E-state index contributed by atoms with van der Waals surface area (Å²) in [5.41, 5.74) is 0. The van der Waals surface area contributed by atoms with Gasteiger partial charge in [-0.1, -0.05) is 26.8 Å². The molecule has 14 heavy (non-hydrogen) atoms. The molecule has 0 aliphatic heterocycles. The van der Waals surface area contributed by atoms with Crippen LogP contribution in [0.1, 0.15) is 27.2 Å². The first-order valence-corrected chi connectivity index (χ1v) is 6.76. The largest absolute Gasteiger partial charge is 0.330 e. The van der Waals surface area contributed by atoms with E-state index in [1.807, 2.05) is 20.8 Å². The van der Waals surface area contributed by atoms with Gasteiger partial charge in [0.15, 0.2) is 0 Å². The van der Waals surface area contributed by atoms with Crippen LogP contribution in [0.3, 0.4) is 0 Å². The summed E-state index contributed by atoms with van der Waals surface area (Å²) < 4.78 is 22.5. The van der Waals surface area contributed by atoms with Crippen LogP contribution in [-0.4, -0.2) is 19.4 Å². The molecule has 0 bridgehead atoms. The highest BCUT2D eigenvalue weighted by atomic mass is 31.2. The summed E-state index contributed by atoms with van der Waals surface area (Å²) in [7, 11) is -2.86. The van der Waals surface area contributed by atoms with Crippen LogP contribution in [-0.2, 0) is 13.6 Å². The van der Waals surface area contributed by atoms with E-state index in [2.05, 4.69) is 6.58 Å². The zero-order chi connectivity index (χ0) is 11.0. The molecule has 1 atom stereocenters. The van der Waals surface area contributed by atoms with Crippen molar-refractivity contribution in [3.05, 3.63) is 12.7 Å². The van der Waals surface area contributed by atoms with Gasteiger partial charge in [-0.05, 0) is 12.3 Å². The summed E-state index contributed by atoms with van der Waals surface area (Å²) in [6.07, 6.45) is 2.86. The summed E-state index contributed by atoms with van der Waals surface area (Å²) in [5, 5.41) is 0. The van der Waals surface area contributed by atoms with Crippen LogP contribution in [0.25, 0.3) is 0 Å². The molecule has 0 aromatic carbocycles. The van der Waals surface area contributed by atoms with E-state index in [1.165, 1.54) is 0 Å². The lowest BCUT2D eigenvalue weighted by atomic mass is 10.2. The Morgan fingerprint density at radius 2 is 2.07 bits per heavy atom. The third-order valence-electron chi connectivity index (χ3n) is 1.49. The maximum Gasteiger partial charge on any atom is 0.330 e. The van der Waals surface area contributed by atoms with Crippen molar-refractivity contribution in [3.8, 4) is 0 Å². The van der Waals surface area contributed by atoms with Crippen molar-refractivity contribution in [1.82, 2.24) is 0 Å². The molecule has 0 saturated carbocycles. The van der Waals surface area contributed by atoms with E-state index in [1.54, 1.807) is 6.08 Å². The number of hydrogen-bond donors (Lipinski definition) is 0. The third-order valence-corrected chi connectivity index (χ3v) is 3.57. The van der Waals surface area contributed by atoms with Crippen LogP contribution in [0, 0.1) is 5.92 Å². The Hall–Kier alpha value is -0.110. The van der Waals surface area contributed by atoms with Crippen LogP contribution in [0.5, 0.6) is 0 Å². The second-order valence-electron chi connectivity index (χ2n) is 3.61. The second kappa shape index (κ2) is 7.22. The van der Waals surface area contributed by atoms with Gasteiger partial charge in [0.05, 0.1) is 13.2 Å². The Bertz CT molecular complexity index is 202. The molecule has 0 aromatic heterocycles. The standard InChI is InChI=1S/C10H21O3P/c1-5-7-12-14(11,8-6-2)13-9-10(3)4/h5,10H,1,6-9H2,2-4H3. The van der Waals surface area contributed by atoms with Crippen LogP contribution >= 0.6 is 7.60 Å².